The maximum atomic E-state index is 11.7. The molecule has 0 aliphatic carbocycles. The van der Waals surface area contributed by atoms with Gasteiger partial charge < -0.3 is 5.32 Å². The van der Waals surface area contributed by atoms with Gasteiger partial charge in [-0.05, 0) is 5.92 Å². The zero-order valence-corrected chi connectivity index (χ0v) is 9.65. The molecule has 0 bridgehead atoms. The Morgan fingerprint density at radius 1 is 1.69 bits per heavy atom. The molecule has 1 aliphatic heterocycles. The number of hydrogen-bond acceptors (Lipinski definition) is 3. The highest BCUT2D eigenvalue weighted by atomic mass is 16.2. The summed E-state index contributed by atoms with van der Waals surface area (Å²) in [4.78, 5) is 23.5. The van der Waals surface area contributed by atoms with Gasteiger partial charge in [0.05, 0.1) is 12.3 Å². The minimum Gasteiger partial charge on any atom is -0.344 e. The summed E-state index contributed by atoms with van der Waals surface area (Å²) >= 11 is 0. The predicted octanol–water partition coefficient (Wildman–Crippen LogP) is -0.164. The fraction of sp³-hybridized carbons (Fsp3) is 0.545. The Labute approximate surface area is 94.9 Å². The summed E-state index contributed by atoms with van der Waals surface area (Å²) < 4.78 is 0. The van der Waals surface area contributed by atoms with Gasteiger partial charge in [-0.25, -0.2) is 5.01 Å². The number of hydrazone groups is 1. The highest BCUT2D eigenvalue weighted by Crippen LogP contribution is 2.19. The lowest BCUT2D eigenvalue weighted by Gasteiger charge is -2.12. The molecule has 0 aromatic heterocycles. The molecule has 1 atom stereocenters. The van der Waals surface area contributed by atoms with E-state index in [0.29, 0.717) is 5.71 Å². The first-order chi connectivity index (χ1) is 7.49. The standard InChI is InChI=1S/C11H15N3O2/c1-5-6-12-10(15)8-9(7(2)3)13-14(4)11(8)16/h1,7-8H,6H2,2-4H3,(H,12,15)/t8-/m0/s1. The van der Waals surface area contributed by atoms with Crippen molar-refractivity contribution in [2.75, 3.05) is 13.6 Å². The van der Waals surface area contributed by atoms with Gasteiger partial charge in [-0.15, -0.1) is 6.42 Å². The molecule has 5 nitrogen and oxygen atoms in total. The van der Waals surface area contributed by atoms with Crippen LogP contribution < -0.4 is 5.32 Å². The predicted molar refractivity (Wildman–Crippen MR) is 60.4 cm³/mol. The Bertz CT molecular complexity index is 379. The second-order valence-corrected chi connectivity index (χ2v) is 3.90. The lowest BCUT2D eigenvalue weighted by Crippen LogP contribution is -2.41. The Hall–Kier alpha value is -1.83. The van der Waals surface area contributed by atoms with E-state index in [0.717, 1.165) is 0 Å². The number of hydrogen-bond donors (Lipinski definition) is 1. The second-order valence-electron chi connectivity index (χ2n) is 3.90. The number of amides is 2. The van der Waals surface area contributed by atoms with Crippen LogP contribution in [0.15, 0.2) is 5.10 Å². The van der Waals surface area contributed by atoms with E-state index < -0.39 is 5.92 Å². The molecule has 0 aromatic carbocycles. The van der Waals surface area contributed by atoms with Gasteiger partial charge in [0, 0.05) is 7.05 Å². The van der Waals surface area contributed by atoms with Crippen LogP contribution in [0.4, 0.5) is 0 Å². The monoisotopic (exact) mass is 221 g/mol. The van der Waals surface area contributed by atoms with Gasteiger partial charge in [-0.1, -0.05) is 19.8 Å². The first kappa shape index (κ1) is 12.2. The van der Waals surface area contributed by atoms with E-state index in [1.807, 2.05) is 13.8 Å². The number of nitrogens with zero attached hydrogens (tertiary/aromatic N) is 2. The molecule has 0 spiro atoms. The van der Waals surface area contributed by atoms with E-state index in [9.17, 15) is 9.59 Å². The summed E-state index contributed by atoms with van der Waals surface area (Å²) in [6.45, 7) is 3.91. The van der Waals surface area contributed by atoms with Crippen molar-refractivity contribution in [1.82, 2.24) is 10.3 Å². The molecule has 1 aliphatic rings. The Morgan fingerprint density at radius 3 is 2.81 bits per heavy atom. The van der Waals surface area contributed by atoms with Gasteiger partial charge in [0.1, 0.15) is 0 Å². The number of terminal acetylenes is 1. The van der Waals surface area contributed by atoms with Crippen LogP contribution in [0.1, 0.15) is 13.8 Å². The Morgan fingerprint density at radius 2 is 2.31 bits per heavy atom. The first-order valence-corrected chi connectivity index (χ1v) is 5.06. The van der Waals surface area contributed by atoms with Crippen molar-refractivity contribution < 1.29 is 9.59 Å². The van der Waals surface area contributed by atoms with Gasteiger partial charge in [-0.3, -0.25) is 9.59 Å². The lowest BCUT2D eigenvalue weighted by molar-refractivity contribution is -0.136. The summed E-state index contributed by atoms with van der Waals surface area (Å²) in [6.07, 6.45) is 5.04. The Kier molecular flexibility index (Phi) is 3.67. The maximum absolute atomic E-state index is 11.7. The third-order valence-corrected chi connectivity index (χ3v) is 2.35. The molecule has 0 aromatic rings. The van der Waals surface area contributed by atoms with Gasteiger partial charge in [0.2, 0.25) is 5.91 Å². The zero-order chi connectivity index (χ0) is 12.3. The van der Waals surface area contributed by atoms with Crippen molar-refractivity contribution in [3.63, 3.8) is 0 Å². The van der Waals surface area contributed by atoms with Crippen LogP contribution in [-0.4, -0.2) is 36.1 Å². The third-order valence-electron chi connectivity index (χ3n) is 2.35. The molecule has 0 saturated heterocycles. The summed E-state index contributed by atoms with van der Waals surface area (Å²) in [5.74, 6) is 0.843. The molecule has 0 saturated carbocycles. The van der Waals surface area contributed by atoms with Crippen LogP contribution in [0.5, 0.6) is 0 Å². The first-order valence-electron chi connectivity index (χ1n) is 5.06. The molecule has 1 rings (SSSR count). The van der Waals surface area contributed by atoms with E-state index in [4.69, 9.17) is 6.42 Å². The molecule has 0 radical (unpaired) electrons. The van der Waals surface area contributed by atoms with Gasteiger partial charge >= 0.3 is 0 Å². The van der Waals surface area contributed by atoms with Crippen molar-refractivity contribution in [3.05, 3.63) is 0 Å². The minimum absolute atomic E-state index is 0.0514. The van der Waals surface area contributed by atoms with Crippen molar-refractivity contribution >= 4 is 17.5 Å². The summed E-state index contributed by atoms with van der Waals surface area (Å²) in [5, 5.41) is 7.78. The molecule has 0 fully saturated rings. The molecule has 0 unspecified atom stereocenters. The number of nitrogens with one attached hydrogen (secondary N) is 1. The molecule has 1 N–H and O–H groups in total. The molecular weight excluding hydrogens is 206 g/mol. The average molecular weight is 221 g/mol. The summed E-state index contributed by atoms with van der Waals surface area (Å²) in [7, 11) is 1.54. The van der Waals surface area contributed by atoms with Crippen molar-refractivity contribution in [2.24, 2.45) is 16.9 Å². The fourth-order valence-corrected chi connectivity index (χ4v) is 1.53. The van der Waals surface area contributed by atoms with Crippen LogP contribution >= 0.6 is 0 Å². The molecular formula is C11H15N3O2. The summed E-state index contributed by atoms with van der Waals surface area (Å²) in [6, 6.07) is 0. The van der Waals surface area contributed by atoms with E-state index >= 15 is 0 Å². The van der Waals surface area contributed by atoms with Crippen LogP contribution in [0.25, 0.3) is 0 Å². The largest absolute Gasteiger partial charge is 0.344 e. The van der Waals surface area contributed by atoms with Crippen molar-refractivity contribution in [1.29, 1.82) is 0 Å². The van der Waals surface area contributed by atoms with Gasteiger partial charge in [0.25, 0.3) is 5.91 Å². The molecule has 16 heavy (non-hydrogen) atoms. The van der Waals surface area contributed by atoms with E-state index in [1.54, 1.807) is 7.05 Å². The summed E-state index contributed by atoms with van der Waals surface area (Å²) in [5.41, 5.74) is 0.585. The van der Waals surface area contributed by atoms with Crippen LogP contribution in [-0.2, 0) is 9.59 Å². The molecule has 1 heterocycles. The quantitative estimate of drug-likeness (QED) is 0.531. The maximum Gasteiger partial charge on any atom is 0.260 e. The van der Waals surface area contributed by atoms with Crippen molar-refractivity contribution in [2.45, 2.75) is 13.8 Å². The number of carbonyl (C=O) groups is 2. The lowest BCUT2D eigenvalue weighted by atomic mass is 9.94. The van der Waals surface area contributed by atoms with Crippen LogP contribution in [0.3, 0.4) is 0 Å². The van der Waals surface area contributed by atoms with Crippen LogP contribution in [0.2, 0.25) is 0 Å². The zero-order valence-electron chi connectivity index (χ0n) is 9.65. The Balaban J connectivity index is 2.86. The number of carbonyl (C=O) groups excluding carboxylic acids is 2. The molecule has 86 valence electrons. The van der Waals surface area contributed by atoms with Crippen LogP contribution in [0, 0.1) is 24.2 Å². The molecule has 2 amide bonds. The SMILES string of the molecule is C#CCNC(=O)[C@H]1C(=O)N(C)N=C1C(C)C. The minimum atomic E-state index is -0.821. The third kappa shape index (κ3) is 2.22. The van der Waals surface area contributed by atoms with Crippen molar-refractivity contribution in [3.8, 4) is 12.3 Å². The normalized spacial score (nSPS) is 19.7. The van der Waals surface area contributed by atoms with E-state index in [1.165, 1.54) is 5.01 Å². The average Bonchev–Trinajstić information content (AvgIpc) is 2.52. The molecule has 5 heteroatoms. The van der Waals surface area contributed by atoms with E-state index in [-0.39, 0.29) is 24.3 Å². The van der Waals surface area contributed by atoms with Gasteiger partial charge in [-0.2, -0.15) is 5.10 Å². The fourth-order valence-electron chi connectivity index (χ4n) is 1.53. The highest BCUT2D eigenvalue weighted by Gasteiger charge is 2.40. The van der Waals surface area contributed by atoms with Gasteiger partial charge in [0.15, 0.2) is 5.92 Å². The number of rotatable bonds is 3. The highest BCUT2D eigenvalue weighted by molar-refractivity contribution is 6.22. The topological polar surface area (TPSA) is 61.8 Å². The van der Waals surface area contributed by atoms with E-state index in [2.05, 4.69) is 16.3 Å². The second kappa shape index (κ2) is 4.79. The smallest absolute Gasteiger partial charge is 0.260 e.